The SMILES string of the molecule is O=C(NCCOCCCl)c1c(F)c(F)c(F)c(F)c1F. The van der Waals surface area contributed by atoms with E-state index in [9.17, 15) is 26.7 Å². The maximum Gasteiger partial charge on any atom is 0.257 e. The molecular weight excluding hydrogens is 309 g/mol. The Labute approximate surface area is 115 Å². The number of halogens is 6. The van der Waals surface area contributed by atoms with Crippen molar-refractivity contribution in [1.29, 1.82) is 0 Å². The highest BCUT2D eigenvalue weighted by atomic mass is 35.5. The van der Waals surface area contributed by atoms with E-state index in [4.69, 9.17) is 16.3 Å². The van der Waals surface area contributed by atoms with Crippen LogP contribution in [-0.4, -0.2) is 31.5 Å². The standard InChI is InChI=1S/C11H9ClF5NO2/c12-1-3-20-4-2-18-11(19)5-6(13)8(15)10(17)9(16)7(5)14/h1-4H2,(H,18,19). The summed E-state index contributed by atoms with van der Waals surface area (Å²) in [6, 6.07) is 0. The topological polar surface area (TPSA) is 38.3 Å². The average Bonchev–Trinajstić information content (AvgIpc) is 2.43. The molecule has 9 heteroatoms. The van der Waals surface area contributed by atoms with Crippen molar-refractivity contribution in [3.05, 3.63) is 34.6 Å². The molecule has 0 unspecified atom stereocenters. The van der Waals surface area contributed by atoms with Crippen molar-refractivity contribution in [2.24, 2.45) is 0 Å². The highest BCUT2D eigenvalue weighted by Crippen LogP contribution is 2.22. The summed E-state index contributed by atoms with van der Waals surface area (Å²) in [6.07, 6.45) is 0. The number of rotatable bonds is 6. The first-order valence-electron chi connectivity index (χ1n) is 5.35. The normalized spacial score (nSPS) is 10.7. The lowest BCUT2D eigenvalue weighted by atomic mass is 10.1. The molecule has 0 fully saturated rings. The van der Waals surface area contributed by atoms with Crippen LogP contribution in [0.5, 0.6) is 0 Å². The molecule has 0 spiro atoms. The molecule has 0 aliphatic heterocycles. The molecular formula is C11H9ClF5NO2. The van der Waals surface area contributed by atoms with Gasteiger partial charge in [-0.2, -0.15) is 0 Å². The minimum atomic E-state index is -2.32. The van der Waals surface area contributed by atoms with Crippen LogP contribution in [0.25, 0.3) is 0 Å². The summed E-state index contributed by atoms with van der Waals surface area (Å²) in [5.74, 6) is -12.2. The molecule has 0 bridgehead atoms. The summed E-state index contributed by atoms with van der Waals surface area (Å²) in [4.78, 5) is 11.4. The third-order valence-corrected chi connectivity index (χ3v) is 2.34. The summed E-state index contributed by atoms with van der Waals surface area (Å²) < 4.78 is 69.9. The van der Waals surface area contributed by atoms with E-state index < -0.39 is 40.6 Å². The number of benzene rings is 1. The lowest BCUT2D eigenvalue weighted by Crippen LogP contribution is -2.30. The predicted octanol–water partition coefficient (Wildman–Crippen LogP) is 2.37. The number of nitrogens with one attached hydrogen (secondary N) is 1. The molecule has 0 atom stereocenters. The van der Waals surface area contributed by atoms with Gasteiger partial charge in [-0.25, -0.2) is 22.0 Å². The number of hydrogen-bond acceptors (Lipinski definition) is 2. The average molecular weight is 318 g/mol. The van der Waals surface area contributed by atoms with Crippen LogP contribution in [0.4, 0.5) is 22.0 Å². The van der Waals surface area contributed by atoms with Crippen molar-refractivity contribution >= 4 is 17.5 Å². The summed E-state index contributed by atoms with van der Waals surface area (Å²) in [5, 5.41) is 1.97. The van der Waals surface area contributed by atoms with E-state index in [0.717, 1.165) is 0 Å². The Morgan fingerprint density at radius 1 is 0.950 bits per heavy atom. The van der Waals surface area contributed by atoms with Gasteiger partial charge in [-0.1, -0.05) is 0 Å². The molecule has 0 saturated heterocycles. The molecule has 1 rings (SSSR count). The second kappa shape index (κ2) is 7.39. The maximum absolute atomic E-state index is 13.3. The number of hydrogen-bond donors (Lipinski definition) is 1. The van der Waals surface area contributed by atoms with Gasteiger partial charge >= 0.3 is 0 Å². The van der Waals surface area contributed by atoms with Gasteiger partial charge in [0.1, 0.15) is 5.56 Å². The molecule has 0 aliphatic carbocycles. The van der Waals surface area contributed by atoms with E-state index in [1.807, 2.05) is 5.32 Å². The highest BCUT2D eigenvalue weighted by Gasteiger charge is 2.29. The first kappa shape index (κ1) is 16.6. The van der Waals surface area contributed by atoms with Gasteiger partial charge in [0.25, 0.3) is 5.91 Å². The molecule has 1 N–H and O–H groups in total. The van der Waals surface area contributed by atoms with Crippen molar-refractivity contribution in [3.63, 3.8) is 0 Å². The Balaban J connectivity index is 2.83. The Kier molecular flexibility index (Phi) is 6.15. The fraction of sp³-hybridized carbons (Fsp3) is 0.364. The molecule has 0 aromatic heterocycles. The molecule has 3 nitrogen and oxygen atoms in total. The second-order valence-corrected chi connectivity index (χ2v) is 3.88. The van der Waals surface area contributed by atoms with E-state index >= 15 is 0 Å². The van der Waals surface area contributed by atoms with Crippen molar-refractivity contribution in [2.75, 3.05) is 25.6 Å². The minimum Gasteiger partial charge on any atom is -0.378 e. The van der Waals surface area contributed by atoms with Crippen LogP contribution in [0.2, 0.25) is 0 Å². The Bertz CT molecular complexity index is 483. The van der Waals surface area contributed by atoms with E-state index in [1.165, 1.54) is 0 Å². The third-order valence-electron chi connectivity index (χ3n) is 2.19. The molecule has 112 valence electrons. The molecule has 0 radical (unpaired) electrons. The molecule has 0 aliphatic rings. The van der Waals surface area contributed by atoms with Crippen LogP contribution in [0.3, 0.4) is 0 Å². The first-order chi connectivity index (χ1) is 9.41. The number of ether oxygens (including phenoxy) is 1. The van der Waals surface area contributed by atoms with Gasteiger partial charge in [-0.15, -0.1) is 11.6 Å². The maximum atomic E-state index is 13.3. The van der Waals surface area contributed by atoms with Gasteiger partial charge in [-0.05, 0) is 0 Å². The molecule has 0 saturated carbocycles. The van der Waals surface area contributed by atoms with E-state index in [0.29, 0.717) is 0 Å². The Morgan fingerprint density at radius 2 is 1.45 bits per heavy atom. The van der Waals surface area contributed by atoms with Gasteiger partial charge in [0.2, 0.25) is 5.82 Å². The predicted molar refractivity (Wildman–Crippen MR) is 60.1 cm³/mol. The lowest BCUT2D eigenvalue weighted by Gasteiger charge is -2.09. The molecule has 1 aromatic carbocycles. The van der Waals surface area contributed by atoms with Gasteiger partial charge < -0.3 is 10.1 Å². The van der Waals surface area contributed by atoms with E-state index in [-0.39, 0.29) is 25.6 Å². The monoisotopic (exact) mass is 317 g/mol. The van der Waals surface area contributed by atoms with Crippen molar-refractivity contribution < 1.29 is 31.5 Å². The van der Waals surface area contributed by atoms with Gasteiger partial charge in [0.15, 0.2) is 23.3 Å². The van der Waals surface area contributed by atoms with Crippen molar-refractivity contribution in [3.8, 4) is 0 Å². The van der Waals surface area contributed by atoms with Gasteiger partial charge in [-0.3, -0.25) is 4.79 Å². The van der Waals surface area contributed by atoms with Crippen LogP contribution >= 0.6 is 11.6 Å². The van der Waals surface area contributed by atoms with Crippen LogP contribution in [0.15, 0.2) is 0 Å². The first-order valence-corrected chi connectivity index (χ1v) is 5.88. The molecule has 20 heavy (non-hydrogen) atoms. The molecule has 0 heterocycles. The van der Waals surface area contributed by atoms with Crippen LogP contribution in [0.1, 0.15) is 10.4 Å². The van der Waals surface area contributed by atoms with Gasteiger partial charge in [0.05, 0.1) is 13.2 Å². The summed E-state index contributed by atoms with van der Waals surface area (Å²) in [5.41, 5.74) is -1.53. The van der Waals surface area contributed by atoms with Gasteiger partial charge in [0, 0.05) is 12.4 Å². The zero-order valence-corrected chi connectivity index (χ0v) is 10.7. The zero-order valence-electron chi connectivity index (χ0n) is 9.91. The fourth-order valence-corrected chi connectivity index (χ4v) is 1.40. The van der Waals surface area contributed by atoms with Crippen LogP contribution < -0.4 is 5.32 Å². The Morgan fingerprint density at radius 3 is 1.95 bits per heavy atom. The van der Waals surface area contributed by atoms with E-state index in [2.05, 4.69) is 0 Å². The summed E-state index contributed by atoms with van der Waals surface area (Å²) >= 11 is 5.30. The third kappa shape index (κ3) is 3.57. The molecule has 1 aromatic rings. The minimum absolute atomic E-state index is 0.0200. The second-order valence-electron chi connectivity index (χ2n) is 3.50. The van der Waals surface area contributed by atoms with Crippen LogP contribution in [-0.2, 0) is 4.74 Å². The molecule has 1 amide bonds. The highest BCUT2D eigenvalue weighted by molar-refractivity contribution is 6.17. The zero-order chi connectivity index (χ0) is 15.3. The number of carbonyl (C=O) groups excluding carboxylic acids is 1. The largest absolute Gasteiger partial charge is 0.378 e. The van der Waals surface area contributed by atoms with E-state index in [1.54, 1.807) is 0 Å². The summed E-state index contributed by atoms with van der Waals surface area (Å²) in [7, 11) is 0. The van der Waals surface area contributed by atoms with Crippen molar-refractivity contribution in [2.45, 2.75) is 0 Å². The quantitative estimate of drug-likeness (QED) is 0.288. The fourth-order valence-electron chi connectivity index (χ4n) is 1.29. The number of alkyl halides is 1. The number of carbonyl (C=O) groups is 1. The Hall–Kier alpha value is -1.41. The van der Waals surface area contributed by atoms with Crippen molar-refractivity contribution in [1.82, 2.24) is 5.32 Å². The number of amides is 1. The van der Waals surface area contributed by atoms with Crippen LogP contribution in [0, 0.1) is 29.1 Å². The summed E-state index contributed by atoms with van der Waals surface area (Å²) in [6.45, 7) is 0.00300. The smallest absolute Gasteiger partial charge is 0.257 e. The lowest BCUT2D eigenvalue weighted by molar-refractivity contribution is 0.0912.